The van der Waals surface area contributed by atoms with Crippen LogP contribution < -0.4 is 5.32 Å². The third kappa shape index (κ3) is 4.59. The highest BCUT2D eigenvalue weighted by atomic mass is 35.5. The van der Waals surface area contributed by atoms with E-state index in [0.29, 0.717) is 12.1 Å². The zero-order valence-electron chi connectivity index (χ0n) is 12.3. The highest BCUT2D eigenvalue weighted by molar-refractivity contribution is 6.18. The van der Waals surface area contributed by atoms with E-state index in [0.717, 1.165) is 31.9 Å². The van der Waals surface area contributed by atoms with Gasteiger partial charge in [0.05, 0.1) is 12.0 Å². The predicted octanol–water partition coefficient (Wildman–Crippen LogP) is 1.09. The minimum atomic E-state index is -0.594. The topological polar surface area (TPSA) is 55.8 Å². The van der Waals surface area contributed by atoms with Crippen molar-refractivity contribution in [2.75, 3.05) is 51.0 Å². The number of halogens is 1. The van der Waals surface area contributed by atoms with E-state index in [1.165, 1.54) is 0 Å². The molecule has 1 aliphatic heterocycles. The quantitative estimate of drug-likeness (QED) is 0.799. The summed E-state index contributed by atoms with van der Waals surface area (Å²) in [4.78, 5) is 16.6. The monoisotopic (exact) mass is 311 g/mol. The first kappa shape index (κ1) is 16.1. The average molecular weight is 312 g/mol. The number of alkyl halides is 1. The molecule has 0 aromatic heterocycles. The second kappa shape index (κ2) is 7.64. The molecule has 0 aliphatic carbocycles. The molecule has 2 N–H and O–H groups in total. The van der Waals surface area contributed by atoms with Crippen molar-refractivity contribution in [2.45, 2.75) is 6.10 Å². The molecule has 116 valence electrons. The molecule has 1 aromatic rings. The van der Waals surface area contributed by atoms with Crippen LogP contribution in [0.25, 0.3) is 0 Å². The van der Waals surface area contributed by atoms with Crippen molar-refractivity contribution in [1.82, 2.24) is 9.80 Å². The number of amides is 1. The van der Waals surface area contributed by atoms with Crippen LogP contribution in [-0.2, 0) is 0 Å². The first-order valence-electron chi connectivity index (χ1n) is 7.16. The third-order valence-electron chi connectivity index (χ3n) is 3.62. The van der Waals surface area contributed by atoms with Crippen LogP contribution in [0.15, 0.2) is 24.3 Å². The number of anilines is 1. The van der Waals surface area contributed by atoms with E-state index in [9.17, 15) is 9.90 Å². The summed E-state index contributed by atoms with van der Waals surface area (Å²) in [6.45, 7) is 3.71. The SMILES string of the molecule is CN1CCN(C(=O)c2cccc(NCC(O)CCl)c2)CC1. The molecule has 0 radical (unpaired) electrons. The molecule has 0 bridgehead atoms. The van der Waals surface area contributed by atoms with Crippen molar-refractivity contribution in [3.63, 3.8) is 0 Å². The van der Waals surface area contributed by atoms with E-state index >= 15 is 0 Å². The number of aliphatic hydroxyl groups is 1. The van der Waals surface area contributed by atoms with Crippen molar-refractivity contribution >= 4 is 23.2 Å². The molecule has 1 aliphatic rings. The Balaban J connectivity index is 1.98. The zero-order chi connectivity index (χ0) is 15.2. The van der Waals surface area contributed by atoms with Gasteiger partial charge in [-0.3, -0.25) is 4.79 Å². The lowest BCUT2D eigenvalue weighted by molar-refractivity contribution is 0.0664. The van der Waals surface area contributed by atoms with E-state index in [1.54, 1.807) is 0 Å². The summed E-state index contributed by atoms with van der Waals surface area (Å²) in [5.74, 6) is 0.247. The molecule has 1 atom stereocenters. The van der Waals surface area contributed by atoms with Crippen molar-refractivity contribution in [3.8, 4) is 0 Å². The molecule has 1 fully saturated rings. The second-order valence-electron chi connectivity index (χ2n) is 5.37. The summed E-state index contributed by atoms with van der Waals surface area (Å²) in [6.07, 6.45) is -0.594. The number of hydrogen-bond acceptors (Lipinski definition) is 4. The number of carbonyl (C=O) groups is 1. The number of likely N-dealkylation sites (N-methyl/N-ethyl adjacent to an activating group) is 1. The minimum absolute atomic E-state index is 0.0599. The fourth-order valence-electron chi connectivity index (χ4n) is 2.24. The molecule has 5 nitrogen and oxygen atoms in total. The third-order valence-corrected chi connectivity index (χ3v) is 3.98. The van der Waals surface area contributed by atoms with Gasteiger partial charge in [0.25, 0.3) is 5.91 Å². The molecule has 1 unspecified atom stereocenters. The van der Waals surface area contributed by atoms with Gasteiger partial charge in [-0.25, -0.2) is 0 Å². The maximum absolute atomic E-state index is 12.5. The van der Waals surface area contributed by atoms with E-state index in [1.807, 2.05) is 29.2 Å². The Hall–Kier alpha value is -1.30. The van der Waals surface area contributed by atoms with Gasteiger partial charge in [-0.15, -0.1) is 11.6 Å². The van der Waals surface area contributed by atoms with Gasteiger partial charge < -0.3 is 20.2 Å². The lowest BCUT2D eigenvalue weighted by Crippen LogP contribution is -2.47. The van der Waals surface area contributed by atoms with E-state index in [4.69, 9.17) is 11.6 Å². The van der Waals surface area contributed by atoms with Crippen LogP contribution in [0.3, 0.4) is 0 Å². The molecule has 1 amide bonds. The number of benzene rings is 1. The summed E-state index contributed by atoms with van der Waals surface area (Å²) in [5, 5.41) is 12.5. The first-order chi connectivity index (χ1) is 10.1. The van der Waals surface area contributed by atoms with Gasteiger partial charge in [-0.05, 0) is 25.2 Å². The molecule has 1 aromatic carbocycles. The van der Waals surface area contributed by atoms with Gasteiger partial charge in [-0.2, -0.15) is 0 Å². The number of rotatable bonds is 5. The molecule has 1 heterocycles. The van der Waals surface area contributed by atoms with Crippen molar-refractivity contribution < 1.29 is 9.90 Å². The normalized spacial score (nSPS) is 17.6. The van der Waals surface area contributed by atoms with Gasteiger partial charge in [0.1, 0.15) is 0 Å². The fraction of sp³-hybridized carbons (Fsp3) is 0.533. The zero-order valence-corrected chi connectivity index (χ0v) is 13.0. The summed E-state index contributed by atoms with van der Waals surface area (Å²) >= 11 is 5.56. The minimum Gasteiger partial charge on any atom is -0.390 e. The van der Waals surface area contributed by atoms with Crippen molar-refractivity contribution in [1.29, 1.82) is 0 Å². The molecule has 6 heteroatoms. The number of nitrogens with zero attached hydrogens (tertiary/aromatic N) is 2. The Kier molecular flexibility index (Phi) is 5.85. The smallest absolute Gasteiger partial charge is 0.254 e. The van der Waals surface area contributed by atoms with Gasteiger partial charge in [-0.1, -0.05) is 6.07 Å². The predicted molar refractivity (Wildman–Crippen MR) is 85.1 cm³/mol. The summed E-state index contributed by atoms with van der Waals surface area (Å²) < 4.78 is 0. The Morgan fingerprint density at radius 3 is 2.76 bits per heavy atom. The summed E-state index contributed by atoms with van der Waals surface area (Å²) in [5.41, 5.74) is 1.49. The second-order valence-corrected chi connectivity index (χ2v) is 5.67. The first-order valence-corrected chi connectivity index (χ1v) is 7.69. The van der Waals surface area contributed by atoms with E-state index in [-0.39, 0.29) is 11.8 Å². The number of carbonyl (C=O) groups excluding carboxylic acids is 1. The lowest BCUT2D eigenvalue weighted by Gasteiger charge is -2.32. The summed E-state index contributed by atoms with van der Waals surface area (Å²) in [7, 11) is 2.06. The van der Waals surface area contributed by atoms with Gasteiger partial charge >= 0.3 is 0 Å². The Morgan fingerprint density at radius 1 is 1.38 bits per heavy atom. The Morgan fingerprint density at radius 2 is 2.10 bits per heavy atom. The number of aliphatic hydroxyl groups excluding tert-OH is 1. The molecule has 0 saturated carbocycles. The van der Waals surface area contributed by atoms with Crippen LogP contribution in [0.4, 0.5) is 5.69 Å². The van der Waals surface area contributed by atoms with E-state index < -0.39 is 6.10 Å². The standard InChI is InChI=1S/C15H22ClN3O2/c1-18-5-7-19(8-6-18)15(21)12-3-2-4-13(9-12)17-11-14(20)10-16/h2-4,9,14,17,20H,5-8,10-11H2,1H3. The average Bonchev–Trinajstić information content (AvgIpc) is 2.53. The van der Waals surface area contributed by atoms with Gasteiger partial charge in [0.15, 0.2) is 0 Å². The molecule has 21 heavy (non-hydrogen) atoms. The highest BCUT2D eigenvalue weighted by Crippen LogP contribution is 2.14. The van der Waals surface area contributed by atoms with Crippen molar-refractivity contribution in [2.24, 2.45) is 0 Å². The van der Waals surface area contributed by atoms with Crippen LogP contribution >= 0.6 is 11.6 Å². The largest absolute Gasteiger partial charge is 0.390 e. The number of nitrogens with one attached hydrogen (secondary N) is 1. The number of hydrogen-bond donors (Lipinski definition) is 2. The maximum Gasteiger partial charge on any atom is 0.254 e. The molecule has 0 spiro atoms. The lowest BCUT2D eigenvalue weighted by atomic mass is 10.1. The van der Waals surface area contributed by atoms with Crippen molar-refractivity contribution in [3.05, 3.63) is 29.8 Å². The van der Waals surface area contributed by atoms with Crippen LogP contribution in [0.5, 0.6) is 0 Å². The fourth-order valence-corrected chi connectivity index (χ4v) is 2.35. The Labute approximate surface area is 130 Å². The molecule has 2 rings (SSSR count). The van der Waals surface area contributed by atoms with Crippen LogP contribution in [0.1, 0.15) is 10.4 Å². The van der Waals surface area contributed by atoms with E-state index in [2.05, 4.69) is 17.3 Å². The van der Waals surface area contributed by atoms with Crippen LogP contribution in [0.2, 0.25) is 0 Å². The molecular weight excluding hydrogens is 290 g/mol. The Bertz CT molecular complexity index is 476. The maximum atomic E-state index is 12.5. The van der Waals surface area contributed by atoms with Crippen LogP contribution in [0, 0.1) is 0 Å². The summed E-state index contributed by atoms with van der Waals surface area (Å²) in [6, 6.07) is 7.37. The van der Waals surface area contributed by atoms with Gasteiger partial charge in [0, 0.05) is 44.0 Å². The number of piperazine rings is 1. The highest BCUT2D eigenvalue weighted by Gasteiger charge is 2.20. The molecular formula is C15H22ClN3O2. The van der Waals surface area contributed by atoms with Gasteiger partial charge in [0.2, 0.25) is 0 Å². The molecule has 1 saturated heterocycles. The van der Waals surface area contributed by atoms with Crippen LogP contribution in [-0.4, -0.2) is 72.6 Å².